The summed E-state index contributed by atoms with van der Waals surface area (Å²) in [4.78, 5) is 19.0. The number of likely N-dealkylation sites (tertiary alicyclic amines) is 1. The van der Waals surface area contributed by atoms with Crippen molar-refractivity contribution in [2.45, 2.75) is 127 Å². The number of aliphatic hydroxyl groups excluding tert-OH is 1. The van der Waals surface area contributed by atoms with Gasteiger partial charge in [-0.15, -0.1) is 0 Å². The van der Waals surface area contributed by atoms with E-state index in [-0.39, 0.29) is 23.7 Å². The lowest BCUT2D eigenvalue weighted by Crippen LogP contribution is -2.69. The summed E-state index contributed by atoms with van der Waals surface area (Å²) in [6, 6.07) is 15.7. The number of ether oxygens (including phenoxy) is 2. The van der Waals surface area contributed by atoms with Gasteiger partial charge in [0.25, 0.3) is 0 Å². The summed E-state index contributed by atoms with van der Waals surface area (Å²) < 4.78 is 13.0. The van der Waals surface area contributed by atoms with Crippen molar-refractivity contribution in [1.82, 2.24) is 9.80 Å². The molecule has 2 aliphatic heterocycles. The molecule has 1 N–H and O–H groups in total. The highest BCUT2D eigenvalue weighted by molar-refractivity contribution is 5.77. The van der Waals surface area contributed by atoms with E-state index in [1.807, 2.05) is 0 Å². The molecule has 2 unspecified atom stereocenters. The van der Waals surface area contributed by atoms with Gasteiger partial charge in [-0.1, -0.05) is 69.0 Å². The number of aliphatic hydroxyl groups is 1. The fraction of sp³-hybridized carbons (Fsp3) is 0.667. The topological polar surface area (TPSA) is 62.2 Å². The predicted octanol–water partition coefficient (Wildman–Crippen LogP) is 6.70. The van der Waals surface area contributed by atoms with Crippen molar-refractivity contribution in [3.8, 4) is 11.5 Å². The molecule has 0 radical (unpaired) electrons. The SMILES string of the molecule is CCCCN(C(=O)CCCCCCCc1ccccc1)[C@@H]1CC[C@H]2[C@H]3Cc4ccc(OC)c5c4[C@@]2(CCN3CC2CC2O)[C@H]1O5. The van der Waals surface area contributed by atoms with E-state index in [0.717, 1.165) is 95.3 Å². The fourth-order valence-corrected chi connectivity index (χ4v) is 9.75. The van der Waals surface area contributed by atoms with Gasteiger partial charge in [0.05, 0.1) is 19.3 Å². The number of hydrogen-bond acceptors (Lipinski definition) is 5. The zero-order valence-electron chi connectivity index (χ0n) is 27.6. The van der Waals surface area contributed by atoms with Gasteiger partial charge >= 0.3 is 0 Å². The summed E-state index contributed by atoms with van der Waals surface area (Å²) in [5.74, 6) is 3.08. The van der Waals surface area contributed by atoms with Crippen LogP contribution in [0.25, 0.3) is 0 Å². The molecule has 7 rings (SSSR count). The number of hydrogen-bond donors (Lipinski definition) is 1. The van der Waals surface area contributed by atoms with Crippen molar-refractivity contribution >= 4 is 5.91 Å². The van der Waals surface area contributed by atoms with Crippen molar-refractivity contribution in [3.63, 3.8) is 0 Å². The lowest BCUT2D eigenvalue weighted by Gasteiger charge is -2.60. The maximum atomic E-state index is 14.1. The highest BCUT2D eigenvalue weighted by atomic mass is 16.5. The van der Waals surface area contributed by atoms with Gasteiger partial charge in [0.1, 0.15) is 6.10 Å². The third-order valence-electron chi connectivity index (χ3n) is 12.1. The monoisotopic (exact) mass is 614 g/mol. The highest BCUT2D eigenvalue weighted by Gasteiger charge is 2.66. The number of aryl methyl sites for hydroxylation is 1. The molecule has 2 bridgehead atoms. The Balaban J connectivity index is 1.06. The number of carbonyl (C=O) groups excluding carboxylic acids is 1. The summed E-state index contributed by atoms with van der Waals surface area (Å²) >= 11 is 0. The van der Waals surface area contributed by atoms with E-state index in [1.54, 1.807) is 7.11 Å². The minimum absolute atomic E-state index is 0.0171. The van der Waals surface area contributed by atoms with Crippen molar-refractivity contribution in [1.29, 1.82) is 0 Å². The Kier molecular flexibility index (Phi) is 9.16. The van der Waals surface area contributed by atoms with E-state index in [4.69, 9.17) is 9.47 Å². The third-order valence-corrected chi connectivity index (χ3v) is 12.1. The molecule has 2 saturated carbocycles. The Morgan fingerprint density at radius 2 is 1.87 bits per heavy atom. The van der Waals surface area contributed by atoms with Gasteiger partial charge in [-0.05, 0) is 87.4 Å². The Morgan fingerprint density at radius 1 is 1.07 bits per heavy atom. The van der Waals surface area contributed by atoms with Gasteiger partial charge in [-0.25, -0.2) is 0 Å². The lowest BCUT2D eigenvalue weighted by molar-refractivity contribution is -0.143. The number of piperidine rings is 1. The molecule has 0 aromatic heterocycles. The van der Waals surface area contributed by atoms with Crippen LogP contribution in [0.1, 0.15) is 101 Å². The standard InChI is InChI=1S/C39H54N2O4/c1-3-4-22-41(35(43)16-12-7-5-6-9-13-27-14-10-8-11-15-27)31-19-18-30-32-24-28-17-20-34(44-2)37-36(28)39(30,38(31)45-37)21-23-40(32)26-29-25-33(29)42/h8,10-11,14-15,17,20,29-33,38,42H,3-7,9,12-13,16,18-19,21-26H2,1-2H3/t29?,30-,31+,32+,33?,38-,39-/m0/s1. The van der Waals surface area contributed by atoms with Crippen LogP contribution in [0.3, 0.4) is 0 Å². The van der Waals surface area contributed by atoms with Crippen molar-refractivity contribution < 1.29 is 19.4 Å². The molecule has 2 aromatic carbocycles. The van der Waals surface area contributed by atoms with Gasteiger partial charge in [-0.3, -0.25) is 9.69 Å². The van der Waals surface area contributed by atoms with Crippen LogP contribution >= 0.6 is 0 Å². The second-order valence-corrected chi connectivity index (χ2v) is 14.7. The molecule has 6 heteroatoms. The van der Waals surface area contributed by atoms with Gasteiger partial charge < -0.3 is 19.5 Å². The number of rotatable bonds is 15. The van der Waals surface area contributed by atoms with E-state index in [2.05, 4.69) is 59.2 Å². The fourth-order valence-electron chi connectivity index (χ4n) is 9.75. The summed E-state index contributed by atoms with van der Waals surface area (Å²) in [6.07, 6.45) is 14.7. The van der Waals surface area contributed by atoms with Crippen LogP contribution < -0.4 is 9.47 Å². The highest BCUT2D eigenvalue weighted by Crippen LogP contribution is 2.64. The number of benzene rings is 2. The molecule has 2 aromatic rings. The van der Waals surface area contributed by atoms with Gasteiger partial charge in [0.2, 0.25) is 5.91 Å². The molecule has 244 valence electrons. The Hall–Kier alpha value is -2.57. The molecule has 1 spiro atoms. The first-order chi connectivity index (χ1) is 22.0. The molecule has 1 amide bonds. The van der Waals surface area contributed by atoms with Crippen LogP contribution in [-0.2, 0) is 23.1 Å². The Labute approximate surface area is 270 Å². The molecule has 5 aliphatic rings. The van der Waals surface area contributed by atoms with Crippen LogP contribution in [0.15, 0.2) is 42.5 Å². The van der Waals surface area contributed by atoms with Crippen molar-refractivity contribution in [2.24, 2.45) is 11.8 Å². The maximum absolute atomic E-state index is 14.1. The van der Waals surface area contributed by atoms with Crippen LogP contribution in [0.5, 0.6) is 11.5 Å². The first kappa shape index (κ1) is 31.1. The first-order valence-electron chi connectivity index (χ1n) is 18.2. The second kappa shape index (κ2) is 13.3. The zero-order valence-corrected chi connectivity index (χ0v) is 27.6. The second-order valence-electron chi connectivity index (χ2n) is 14.7. The number of unbranched alkanes of at least 4 members (excludes halogenated alkanes) is 5. The summed E-state index contributed by atoms with van der Waals surface area (Å²) in [5.41, 5.74) is 4.18. The van der Waals surface area contributed by atoms with Crippen LogP contribution in [-0.4, -0.2) is 71.8 Å². The van der Waals surface area contributed by atoms with Crippen molar-refractivity contribution in [3.05, 3.63) is 59.2 Å². The maximum Gasteiger partial charge on any atom is 0.222 e. The largest absolute Gasteiger partial charge is 0.493 e. The molecule has 2 heterocycles. The summed E-state index contributed by atoms with van der Waals surface area (Å²) in [7, 11) is 1.75. The molecular weight excluding hydrogens is 560 g/mol. The van der Waals surface area contributed by atoms with Crippen LogP contribution in [0.2, 0.25) is 0 Å². The zero-order chi connectivity index (χ0) is 31.0. The number of carbonyl (C=O) groups is 1. The van der Waals surface area contributed by atoms with E-state index in [1.165, 1.54) is 36.0 Å². The molecule has 3 fully saturated rings. The van der Waals surface area contributed by atoms with Crippen molar-refractivity contribution in [2.75, 3.05) is 26.7 Å². The Bertz CT molecular complexity index is 1330. The molecule has 45 heavy (non-hydrogen) atoms. The van der Waals surface area contributed by atoms with E-state index in [0.29, 0.717) is 30.2 Å². The third kappa shape index (κ3) is 5.79. The lowest BCUT2D eigenvalue weighted by atomic mass is 9.51. The van der Waals surface area contributed by atoms with Crippen LogP contribution in [0, 0.1) is 11.8 Å². The van der Waals surface area contributed by atoms with Gasteiger partial charge in [0, 0.05) is 42.4 Å². The first-order valence-corrected chi connectivity index (χ1v) is 18.2. The van der Waals surface area contributed by atoms with E-state index < -0.39 is 0 Å². The molecular formula is C39H54N2O4. The van der Waals surface area contributed by atoms with Gasteiger partial charge in [0.15, 0.2) is 11.5 Å². The average Bonchev–Trinajstić information content (AvgIpc) is 3.64. The Morgan fingerprint density at radius 3 is 2.64 bits per heavy atom. The van der Waals surface area contributed by atoms with Crippen LogP contribution in [0.4, 0.5) is 0 Å². The van der Waals surface area contributed by atoms with E-state index >= 15 is 0 Å². The summed E-state index contributed by atoms with van der Waals surface area (Å²) in [5, 5.41) is 10.2. The predicted molar refractivity (Wildman–Crippen MR) is 178 cm³/mol. The minimum atomic E-state index is -0.113. The van der Waals surface area contributed by atoms with E-state index in [9.17, 15) is 9.90 Å². The smallest absolute Gasteiger partial charge is 0.222 e. The quantitative estimate of drug-likeness (QED) is 0.227. The average molecular weight is 615 g/mol. The normalized spacial score (nSPS) is 30.8. The molecule has 7 atom stereocenters. The molecule has 3 aliphatic carbocycles. The number of amides is 1. The van der Waals surface area contributed by atoms with Gasteiger partial charge in [-0.2, -0.15) is 0 Å². The molecule has 6 nitrogen and oxygen atoms in total. The molecule has 1 saturated heterocycles. The minimum Gasteiger partial charge on any atom is -0.493 e. The number of nitrogens with zero attached hydrogens (tertiary/aromatic N) is 2. The number of methoxy groups -OCH3 is 1. The summed E-state index contributed by atoms with van der Waals surface area (Å²) in [6.45, 7) is 5.11.